The summed E-state index contributed by atoms with van der Waals surface area (Å²) >= 11 is 1.29. The molecule has 0 bridgehead atoms. The van der Waals surface area contributed by atoms with Gasteiger partial charge >= 0.3 is 0 Å². The van der Waals surface area contributed by atoms with Gasteiger partial charge in [0.25, 0.3) is 5.56 Å². The van der Waals surface area contributed by atoms with Crippen molar-refractivity contribution in [3.63, 3.8) is 0 Å². The number of anilines is 1. The fraction of sp³-hybridized carbons (Fsp3) is 0.143. The lowest BCUT2D eigenvalue weighted by Crippen LogP contribution is -2.09. The van der Waals surface area contributed by atoms with Gasteiger partial charge in [-0.15, -0.1) is 10.2 Å². The summed E-state index contributed by atoms with van der Waals surface area (Å²) in [5.41, 5.74) is 6.12. The van der Waals surface area contributed by atoms with Crippen molar-refractivity contribution < 1.29 is 4.42 Å². The zero-order valence-corrected chi connectivity index (χ0v) is 12.5. The van der Waals surface area contributed by atoms with Crippen LogP contribution < -0.4 is 11.3 Å². The average molecular weight is 315 g/mol. The molecule has 22 heavy (non-hydrogen) atoms. The second-order valence-electron chi connectivity index (χ2n) is 4.55. The fourth-order valence-electron chi connectivity index (χ4n) is 1.82. The maximum absolute atomic E-state index is 11.4. The normalized spacial score (nSPS) is 12.2. The molecule has 8 heteroatoms. The minimum atomic E-state index is -0.294. The van der Waals surface area contributed by atoms with Crippen molar-refractivity contribution >= 4 is 17.6 Å². The van der Waals surface area contributed by atoms with Gasteiger partial charge in [0.15, 0.2) is 5.16 Å². The number of H-pyrrole nitrogens is 1. The lowest BCUT2D eigenvalue weighted by Gasteiger charge is -2.05. The van der Waals surface area contributed by atoms with Crippen molar-refractivity contribution in [1.29, 1.82) is 0 Å². The van der Waals surface area contributed by atoms with E-state index in [0.29, 0.717) is 16.9 Å². The van der Waals surface area contributed by atoms with E-state index in [1.807, 2.05) is 37.3 Å². The van der Waals surface area contributed by atoms with E-state index in [1.165, 1.54) is 17.8 Å². The maximum atomic E-state index is 11.4. The number of hydrogen-bond acceptors (Lipinski definition) is 7. The Morgan fingerprint density at radius 2 is 2.05 bits per heavy atom. The highest BCUT2D eigenvalue weighted by Gasteiger charge is 2.17. The highest BCUT2D eigenvalue weighted by atomic mass is 32.2. The number of rotatable bonds is 4. The van der Waals surface area contributed by atoms with Gasteiger partial charge in [-0.25, -0.2) is 4.98 Å². The maximum Gasteiger partial charge on any atom is 0.253 e. The number of nitrogens with one attached hydrogen (secondary N) is 1. The van der Waals surface area contributed by atoms with Gasteiger partial charge in [-0.05, 0) is 19.1 Å². The van der Waals surface area contributed by atoms with Crippen LogP contribution in [-0.4, -0.2) is 20.2 Å². The van der Waals surface area contributed by atoms with Gasteiger partial charge in [-0.3, -0.25) is 4.79 Å². The molecule has 1 atom stereocenters. The summed E-state index contributed by atoms with van der Waals surface area (Å²) < 4.78 is 5.67. The van der Waals surface area contributed by atoms with E-state index in [2.05, 4.69) is 20.2 Å². The molecule has 0 saturated heterocycles. The van der Waals surface area contributed by atoms with Gasteiger partial charge in [-0.1, -0.05) is 30.0 Å². The highest BCUT2D eigenvalue weighted by Crippen LogP contribution is 2.32. The van der Waals surface area contributed by atoms with Crippen molar-refractivity contribution in [2.24, 2.45) is 0 Å². The van der Waals surface area contributed by atoms with Crippen LogP contribution in [-0.2, 0) is 0 Å². The minimum Gasteiger partial charge on any atom is -0.419 e. The van der Waals surface area contributed by atoms with Crippen molar-refractivity contribution in [3.8, 4) is 11.5 Å². The molecule has 3 rings (SSSR count). The third-order valence-corrected chi connectivity index (χ3v) is 3.81. The first-order valence-electron chi connectivity index (χ1n) is 6.54. The van der Waals surface area contributed by atoms with E-state index in [4.69, 9.17) is 10.2 Å². The third-order valence-electron chi connectivity index (χ3n) is 2.84. The second-order valence-corrected chi connectivity index (χ2v) is 5.88. The van der Waals surface area contributed by atoms with Crippen molar-refractivity contribution in [2.75, 3.05) is 5.73 Å². The summed E-state index contributed by atoms with van der Waals surface area (Å²) in [6.45, 7) is 1.89. The van der Waals surface area contributed by atoms with Gasteiger partial charge < -0.3 is 15.1 Å². The SMILES string of the molecule is CC(Sc1nc(N)cc(=O)[nH]1)c1nnc(-c2ccccc2)o1. The van der Waals surface area contributed by atoms with E-state index in [9.17, 15) is 4.79 Å². The van der Waals surface area contributed by atoms with Gasteiger partial charge in [0.2, 0.25) is 11.8 Å². The largest absolute Gasteiger partial charge is 0.419 e. The van der Waals surface area contributed by atoms with Crippen LogP contribution in [0.15, 0.2) is 50.8 Å². The topological polar surface area (TPSA) is 111 Å². The molecular weight excluding hydrogens is 302 g/mol. The average Bonchev–Trinajstić information content (AvgIpc) is 2.97. The number of hydrogen-bond donors (Lipinski definition) is 2. The van der Waals surface area contributed by atoms with Crippen LogP contribution in [0.4, 0.5) is 5.82 Å². The molecule has 0 aliphatic heterocycles. The molecular formula is C14H13N5O2S. The molecule has 2 heterocycles. The molecule has 0 aliphatic rings. The fourth-order valence-corrected chi connectivity index (χ4v) is 2.67. The number of nitrogens with zero attached hydrogens (tertiary/aromatic N) is 3. The molecule has 0 saturated carbocycles. The first kappa shape index (κ1) is 14.3. The van der Waals surface area contributed by atoms with Crippen molar-refractivity contribution in [3.05, 3.63) is 52.6 Å². The lowest BCUT2D eigenvalue weighted by molar-refractivity contribution is 0.509. The first-order valence-corrected chi connectivity index (χ1v) is 7.42. The molecule has 3 aromatic rings. The molecule has 112 valence electrons. The van der Waals surface area contributed by atoms with Crippen molar-refractivity contribution in [2.45, 2.75) is 17.3 Å². The Labute approximate surface area is 130 Å². The van der Waals surface area contributed by atoms with E-state index in [1.54, 1.807) is 0 Å². The van der Waals surface area contributed by atoms with Crippen LogP contribution in [0, 0.1) is 0 Å². The Balaban J connectivity index is 1.79. The van der Waals surface area contributed by atoms with Gasteiger partial charge in [-0.2, -0.15) is 0 Å². The Hall–Kier alpha value is -2.61. The van der Waals surface area contributed by atoms with E-state index >= 15 is 0 Å². The summed E-state index contributed by atoms with van der Waals surface area (Å²) in [5.74, 6) is 1.08. The summed E-state index contributed by atoms with van der Waals surface area (Å²) in [4.78, 5) is 18.1. The summed E-state index contributed by atoms with van der Waals surface area (Å²) in [7, 11) is 0. The molecule has 0 aliphatic carbocycles. The quantitative estimate of drug-likeness (QED) is 0.561. The summed E-state index contributed by atoms with van der Waals surface area (Å²) in [6, 6.07) is 10.7. The lowest BCUT2D eigenvalue weighted by atomic mass is 10.2. The van der Waals surface area contributed by atoms with Gasteiger partial charge in [0.05, 0.1) is 5.25 Å². The molecule has 1 aromatic carbocycles. The standard InChI is InChI=1S/C14H13N5O2S/c1-8(22-14-16-10(15)7-11(20)17-14)12-18-19-13(21-12)9-5-3-2-4-6-9/h2-8H,1H3,(H3,15,16,17,20). The number of thioether (sulfide) groups is 1. The number of benzene rings is 1. The summed E-state index contributed by atoms with van der Waals surface area (Å²) in [6.07, 6.45) is 0. The number of nitrogens with two attached hydrogens (primary N) is 1. The highest BCUT2D eigenvalue weighted by molar-refractivity contribution is 7.99. The predicted octanol–water partition coefficient (Wildman–Crippen LogP) is 2.26. The Kier molecular flexibility index (Phi) is 3.92. The van der Waals surface area contributed by atoms with Crippen LogP contribution in [0.2, 0.25) is 0 Å². The molecule has 0 spiro atoms. The number of aromatic nitrogens is 4. The molecule has 0 radical (unpaired) electrons. The Bertz CT molecular complexity index is 831. The molecule has 2 aromatic heterocycles. The van der Waals surface area contributed by atoms with E-state index in [-0.39, 0.29) is 16.6 Å². The summed E-state index contributed by atoms with van der Waals surface area (Å²) in [5, 5.41) is 8.32. The van der Waals surface area contributed by atoms with Crippen LogP contribution in [0.1, 0.15) is 18.1 Å². The monoisotopic (exact) mass is 315 g/mol. The van der Waals surface area contributed by atoms with Crippen LogP contribution in [0.3, 0.4) is 0 Å². The second kappa shape index (κ2) is 6.02. The van der Waals surface area contributed by atoms with E-state index in [0.717, 1.165) is 5.56 Å². The molecule has 7 nitrogen and oxygen atoms in total. The van der Waals surface area contributed by atoms with Crippen LogP contribution >= 0.6 is 11.8 Å². The molecule has 0 amide bonds. The van der Waals surface area contributed by atoms with E-state index < -0.39 is 0 Å². The van der Waals surface area contributed by atoms with Gasteiger partial charge in [0, 0.05) is 11.6 Å². The molecule has 0 fully saturated rings. The minimum absolute atomic E-state index is 0.171. The van der Waals surface area contributed by atoms with Crippen molar-refractivity contribution in [1.82, 2.24) is 20.2 Å². The zero-order chi connectivity index (χ0) is 15.5. The molecule has 1 unspecified atom stereocenters. The number of nitrogen functional groups attached to an aromatic ring is 1. The first-order chi connectivity index (χ1) is 10.6. The van der Waals surface area contributed by atoms with Crippen LogP contribution in [0.25, 0.3) is 11.5 Å². The number of aromatic amines is 1. The van der Waals surface area contributed by atoms with Crippen LogP contribution in [0.5, 0.6) is 0 Å². The predicted molar refractivity (Wildman–Crippen MR) is 83.3 cm³/mol. The Morgan fingerprint density at radius 1 is 1.27 bits per heavy atom. The zero-order valence-electron chi connectivity index (χ0n) is 11.7. The van der Waals surface area contributed by atoms with Gasteiger partial charge in [0.1, 0.15) is 5.82 Å². The molecule has 3 N–H and O–H groups in total. The smallest absolute Gasteiger partial charge is 0.253 e. The Morgan fingerprint density at radius 3 is 2.77 bits per heavy atom. The third kappa shape index (κ3) is 3.17.